The van der Waals surface area contributed by atoms with Crippen LogP contribution in [0.15, 0.2) is 66.7 Å². The first-order valence-electron chi connectivity index (χ1n) is 11.4. The summed E-state index contributed by atoms with van der Waals surface area (Å²) in [6, 6.07) is 20.6. The smallest absolute Gasteiger partial charge is 0.408 e. The molecule has 3 aromatic rings. The summed E-state index contributed by atoms with van der Waals surface area (Å²) in [6.07, 6.45) is -0.384. The van der Waals surface area contributed by atoms with Gasteiger partial charge in [-0.05, 0) is 48.2 Å². The van der Waals surface area contributed by atoms with Crippen LogP contribution in [0.5, 0.6) is 0 Å². The van der Waals surface area contributed by atoms with Gasteiger partial charge in [0, 0.05) is 13.0 Å². The second-order valence-corrected chi connectivity index (χ2v) is 8.97. The van der Waals surface area contributed by atoms with Crippen molar-refractivity contribution in [3.8, 4) is 0 Å². The number of hydroxylamine groups is 1. The SMILES string of the molecule is CC(C)(C)OC(=O)N[C@H](Cc1ccc2ccccc2c1)C(=O)NOCc1ccc(CN)cc1.O=CO. The van der Waals surface area contributed by atoms with Gasteiger partial charge in [-0.1, -0.05) is 66.7 Å². The van der Waals surface area contributed by atoms with Gasteiger partial charge in [-0.25, -0.2) is 10.3 Å². The highest BCUT2D eigenvalue weighted by Crippen LogP contribution is 2.17. The number of ether oxygens (including phenoxy) is 1. The molecule has 0 heterocycles. The summed E-state index contributed by atoms with van der Waals surface area (Å²) in [5.74, 6) is -0.465. The summed E-state index contributed by atoms with van der Waals surface area (Å²) in [5, 5.41) is 11.7. The van der Waals surface area contributed by atoms with Crippen LogP contribution in [0.25, 0.3) is 10.8 Å². The lowest BCUT2D eigenvalue weighted by Gasteiger charge is -2.23. The van der Waals surface area contributed by atoms with E-state index in [9.17, 15) is 9.59 Å². The normalized spacial score (nSPS) is 11.6. The fourth-order valence-corrected chi connectivity index (χ4v) is 3.29. The number of fused-ring (bicyclic) bond motifs is 1. The molecule has 0 fully saturated rings. The van der Waals surface area contributed by atoms with E-state index in [4.69, 9.17) is 25.2 Å². The zero-order valence-corrected chi connectivity index (χ0v) is 20.7. The van der Waals surface area contributed by atoms with E-state index in [-0.39, 0.29) is 19.5 Å². The highest BCUT2D eigenvalue weighted by atomic mass is 16.7. The van der Waals surface area contributed by atoms with Crippen molar-refractivity contribution in [1.29, 1.82) is 0 Å². The van der Waals surface area contributed by atoms with Crippen molar-refractivity contribution in [2.45, 2.75) is 52.0 Å². The van der Waals surface area contributed by atoms with E-state index in [0.29, 0.717) is 6.54 Å². The average molecular weight is 496 g/mol. The van der Waals surface area contributed by atoms with Crippen molar-refractivity contribution in [1.82, 2.24) is 10.8 Å². The van der Waals surface area contributed by atoms with Crippen LogP contribution in [0.3, 0.4) is 0 Å². The molecule has 0 aromatic heterocycles. The van der Waals surface area contributed by atoms with Gasteiger partial charge in [0.1, 0.15) is 11.6 Å². The lowest BCUT2D eigenvalue weighted by molar-refractivity contribution is -0.136. The number of hydrogen-bond acceptors (Lipinski definition) is 6. The highest BCUT2D eigenvalue weighted by Gasteiger charge is 2.25. The Morgan fingerprint density at radius 3 is 2.17 bits per heavy atom. The predicted octanol–water partition coefficient (Wildman–Crippen LogP) is 3.68. The van der Waals surface area contributed by atoms with Gasteiger partial charge in [-0.3, -0.25) is 14.4 Å². The molecule has 192 valence electrons. The van der Waals surface area contributed by atoms with Crippen molar-refractivity contribution in [2.24, 2.45) is 5.73 Å². The summed E-state index contributed by atoms with van der Waals surface area (Å²) in [6.45, 7) is 5.70. The Kier molecular flexibility index (Phi) is 10.9. The van der Waals surface area contributed by atoms with Crippen molar-refractivity contribution in [3.05, 3.63) is 83.4 Å². The summed E-state index contributed by atoms with van der Waals surface area (Å²) in [7, 11) is 0. The number of carbonyl (C=O) groups excluding carboxylic acids is 2. The summed E-state index contributed by atoms with van der Waals surface area (Å²) in [5.41, 5.74) is 10.2. The topological polar surface area (TPSA) is 140 Å². The Morgan fingerprint density at radius 2 is 1.56 bits per heavy atom. The molecule has 1 atom stereocenters. The second-order valence-electron chi connectivity index (χ2n) is 8.97. The van der Waals surface area contributed by atoms with E-state index in [1.807, 2.05) is 66.7 Å². The van der Waals surface area contributed by atoms with E-state index in [1.165, 1.54) is 0 Å². The third-order valence-corrected chi connectivity index (χ3v) is 4.93. The van der Waals surface area contributed by atoms with Gasteiger partial charge in [-0.2, -0.15) is 0 Å². The van der Waals surface area contributed by atoms with Gasteiger partial charge in [0.2, 0.25) is 0 Å². The molecule has 0 aliphatic rings. The van der Waals surface area contributed by atoms with Crippen molar-refractivity contribution in [3.63, 3.8) is 0 Å². The zero-order chi connectivity index (χ0) is 26.6. The monoisotopic (exact) mass is 495 g/mol. The molecule has 0 bridgehead atoms. The second kappa shape index (κ2) is 13.8. The molecule has 3 rings (SSSR count). The predicted molar refractivity (Wildman–Crippen MR) is 137 cm³/mol. The molecule has 0 saturated heterocycles. The molecule has 36 heavy (non-hydrogen) atoms. The first kappa shape index (κ1) is 28.3. The van der Waals surface area contributed by atoms with Gasteiger partial charge < -0.3 is 20.9 Å². The first-order valence-corrected chi connectivity index (χ1v) is 11.4. The van der Waals surface area contributed by atoms with Crippen molar-refractivity contribution < 1.29 is 29.1 Å². The molecule has 0 radical (unpaired) electrons. The minimum absolute atomic E-state index is 0.186. The maximum Gasteiger partial charge on any atom is 0.408 e. The van der Waals surface area contributed by atoms with Crippen LogP contribution in [0, 0.1) is 0 Å². The third-order valence-electron chi connectivity index (χ3n) is 4.93. The largest absolute Gasteiger partial charge is 0.483 e. The maximum atomic E-state index is 12.9. The molecule has 0 saturated carbocycles. The van der Waals surface area contributed by atoms with Gasteiger partial charge in [0.15, 0.2) is 0 Å². The Balaban J connectivity index is 0.00000145. The van der Waals surface area contributed by atoms with E-state index in [1.54, 1.807) is 20.8 Å². The standard InChI is InChI=1S/C26H31N3O4.CH2O2/c1-26(2,3)33-25(31)28-23(15-20-12-13-21-6-4-5-7-22(21)14-20)24(30)29-32-17-19-10-8-18(16-27)9-11-19;2-1-3/h4-14,23H,15-17,27H2,1-3H3,(H,28,31)(H,29,30);1H,(H,2,3)/t23-;/m1./s1. The fraction of sp³-hybridized carbons (Fsp3) is 0.296. The third kappa shape index (κ3) is 9.73. The Morgan fingerprint density at radius 1 is 0.972 bits per heavy atom. The van der Waals surface area contributed by atoms with Crippen LogP contribution in [0.1, 0.15) is 37.5 Å². The van der Waals surface area contributed by atoms with Crippen molar-refractivity contribution >= 4 is 29.2 Å². The van der Waals surface area contributed by atoms with Crippen LogP contribution < -0.4 is 16.5 Å². The zero-order valence-electron chi connectivity index (χ0n) is 20.7. The lowest BCUT2D eigenvalue weighted by Crippen LogP contribution is -2.49. The van der Waals surface area contributed by atoms with E-state index >= 15 is 0 Å². The number of benzene rings is 3. The molecule has 0 unspecified atom stereocenters. The number of nitrogens with one attached hydrogen (secondary N) is 2. The number of nitrogens with two attached hydrogens (primary N) is 1. The van der Waals surface area contributed by atoms with Gasteiger partial charge in [0.25, 0.3) is 12.4 Å². The molecule has 0 spiro atoms. The van der Waals surface area contributed by atoms with E-state index in [2.05, 4.69) is 10.8 Å². The molecular weight excluding hydrogens is 462 g/mol. The Bertz CT molecular complexity index is 1140. The molecule has 0 aliphatic carbocycles. The molecule has 9 nitrogen and oxygen atoms in total. The number of hydrogen-bond donors (Lipinski definition) is 4. The fourth-order valence-electron chi connectivity index (χ4n) is 3.29. The Labute approximate surface area is 210 Å². The van der Waals surface area contributed by atoms with E-state index in [0.717, 1.165) is 27.5 Å². The summed E-state index contributed by atoms with van der Waals surface area (Å²) >= 11 is 0. The van der Waals surface area contributed by atoms with Crippen LogP contribution in [0.2, 0.25) is 0 Å². The number of alkyl carbamates (subject to hydrolysis) is 1. The lowest BCUT2D eigenvalue weighted by atomic mass is 10.0. The minimum Gasteiger partial charge on any atom is -0.483 e. The molecule has 5 N–H and O–H groups in total. The Hall–Kier alpha value is -3.95. The van der Waals surface area contributed by atoms with Crippen LogP contribution in [-0.2, 0) is 38.7 Å². The van der Waals surface area contributed by atoms with Gasteiger partial charge >= 0.3 is 6.09 Å². The summed E-state index contributed by atoms with van der Waals surface area (Å²) < 4.78 is 5.34. The molecule has 9 heteroatoms. The first-order chi connectivity index (χ1) is 17.1. The van der Waals surface area contributed by atoms with Crippen LogP contribution in [-0.4, -0.2) is 35.2 Å². The van der Waals surface area contributed by atoms with Crippen LogP contribution in [0.4, 0.5) is 4.79 Å². The maximum absolute atomic E-state index is 12.9. The van der Waals surface area contributed by atoms with Gasteiger partial charge in [-0.15, -0.1) is 0 Å². The van der Waals surface area contributed by atoms with Crippen molar-refractivity contribution in [2.75, 3.05) is 0 Å². The van der Waals surface area contributed by atoms with Gasteiger partial charge in [0.05, 0.1) is 6.61 Å². The quantitative estimate of drug-likeness (QED) is 0.276. The average Bonchev–Trinajstić information content (AvgIpc) is 2.83. The highest BCUT2D eigenvalue weighted by molar-refractivity contribution is 5.86. The molecule has 3 aromatic carbocycles. The van der Waals surface area contributed by atoms with Crippen LogP contribution >= 0.6 is 0 Å². The number of carbonyl (C=O) groups is 3. The molecule has 0 aliphatic heterocycles. The number of carboxylic acid groups (broad SMARTS) is 1. The molecule has 2 amide bonds. The number of amides is 2. The summed E-state index contributed by atoms with van der Waals surface area (Å²) in [4.78, 5) is 39.0. The van der Waals surface area contributed by atoms with E-state index < -0.39 is 23.6 Å². The number of rotatable bonds is 8. The minimum atomic E-state index is -0.874. The molecular formula is C27H33N3O6.